The van der Waals surface area contributed by atoms with Gasteiger partial charge in [0.25, 0.3) is 0 Å². The maximum absolute atomic E-state index is 5.59. The summed E-state index contributed by atoms with van der Waals surface area (Å²) in [6.45, 7) is 6.60. The van der Waals surface area contributed by atoms with Crippen molar-refractivity contribution in [3.05, 3.63) is 30.9 Å². The molecule has 0 spiro atoms. The molecule has 1 atom stereocenters. The molecule has 0 radical (unpaired) electrons. The molecule has 1 unspecified atom stereocenters. The molecular formula is C13H18N4. The summed E-state index contributed by atoms with van der Waals surface area (Å²) in [5.41, 5.74) is 7.72. The summed E-state index contributed by atoms with van der Waals surface area (Å²) in [6.07, 6.45) is 5.53. The van der Waals surface area contributed by atoms with Gasteiger partial charge in [-0.15, -0.1) is 0 Å². The summed E-state index contributed by atoms with van der Waals surface area (Å²) in [5, 5.41) is 0. The van der Waals surface area contributed by atoms with Crippen LogP contribution in [0.5, 0.6) is 0 Å². The van der Waals surface area contributed by atoms with Crippen LogP contribution in [0, 0.1) is 5.92 Å². The second-order valence-corrected chi connectivity index (χ2v) is 4.64. The average Bonchev–Trinajstić information content (AvgIpc) is 2.77. The first-order valence-electron chi connectivity index (χ1n) is 5.83. The van der Waals surface area contributed by atoms with Gasteiger partial charge in [0.1, 0.15) is 5.82 Å². The van der Waals surface area contributed by atoms with Crippen molar-refractivity contribution in [2.75, 3.05) is 5.73 Å². The van der Waals surface area contributed by atoms with Gasteiger partial charge in [0, 0.05) is 17.8 Å². The first-order chi connectivity index (χ1) is 8.09. The van der Waals surface area contributed by atoms with Gasteiger partial charge >= 0.3 is 0 Å². The number of nitrogens with zero attached hydrogens (tertiary/aromatic N) is 3. The van der Waals surface area contributed by atoms with E-state index < -0.39 is 0 Å². The molecule has 17 heavy (non-hydrogen) atoms. The van der Waals surface area contributed by atoms with Crippen molar-refractivity contribution in [1.82, 2.24) is 14.5 Å². The molecule has 0 aromatic carbocycles. The van der Waals surface area contributed by atoms with Crippen molar-refractivity contribution in [3.8, 4) is 11.3 Å². The maximum atomic E-state index is 5.59. The Morgan fingerprint density at radius 1 is 1.18 bits per heavy atom. The molecular weight excluding hydrogens is 212 g/mol. The molecule has 2 heterocycles. The second kappa shape index (κ2) is 4.57. The lowest BCUT2D eigenvalue weighted by Gasteiger charge is -2.20. The van der Waals surface area contributed by atoms with Crippen LogP contribution in [-0.4, -0.2) is 14.5 Å². The average molecular weight is 230 g/mol. The Balaban J connectivity index is 2.40. The summed E-state index contributed by atoms with van der Waals surface area (Å²) >= 11 is 0. The monoisotopic (exact) mass is 230 g/mol. The first kappa shape index (κ1) is 11.6. The van der Waals surface area contributed by atoms with Gasteiger partial charge in [-0.3, -0.25) is 0 Å². The van der Waals surface area contributed by atoms with Crippen LogP contribution in [0.3, 0.4) is 0 Å². The normalized spacial score (nSPS) is 12.9. The van der Waals surface area contributed by atoms with Crippen LogP contribution >= 0.6 is 0 Å². The minimum atomic E-state index is 0.407. The van der Waals surface area contributed by atoms with Gasteiger partial charge in [-0.1, -0.05) is 13.8 Å². The van der Waals surface area contributed by atoms with Crippen molar-refractivity contribution >= 4 is 5.82 Å². The number of anilines is 1. The Morgan fingerprint density at radius 3 is 2.53 bits per heavy atom. The summed E-state index contributed by atoms with van der Waals surface area (Å²) in [7, 11) is 0. The highest BCUT2D eigenvalue weighted by Gasteiger charge is 2.14. The highest BCUT2D eigenvalue weighted by molar-refractivity contribution is 5.59. The minimum absolute atomic E-state index is 0.407. The molecule has 0 amide bonds. The Labute approximate surface area is 102 Å². The van der Waals surface area contributed by atoms with Gasteiger partial charge in [-0.2, -0.15) is 0 Å². The molecule has 0 fully saturated rings. The molecule has 0 aliphatic heterocycles. The summed E-state index contributed by atoms with van der Waals surface area (Å²) in [6, 6.07) is 4.19. The SMILES string of the molecule is CC(C)C(C)n1cncc1-c1ccc(N)nc1. The second-order valence-electron chi connectivity index (χ2n) is 4.64. The van der Waals surface area contributed by atoms with Crippen molar-refractivity contribution < 1.29 is 0 Å². The lowest BCUT2D eigenvalue weighted by molar-refractivity contribution is 0.411. The van der Waals surface area contributed by atoms with Crippen molar-refractivity contribution in [1.29, 1.82) is 0 Å². The van der Waals surface area contributed by atoms with Gasteiger partial charge in [0.05, 0.1) is 18.2 Å². The number of aromatic nitrogens is 3. The predicted molar refractivity (Wildman–Crippen MR) is 69.4 cm³/mol. The first-order valence-corrected chi connectivity index (χ1v) is 5.83. The molecule has 0 aliphatic rings. The lowest BCUT2D eigenvalue weighted by atomic mass is 10.1. The fourth-order valence-electron chi connectivity index (χ4n) is 1.73. The van der Waals surface area contributed by atoms with E-state index in [9.17, 15) is 0 Å². The lowest BCUT2D eigenvalue weighted by Crippen LogP contribution is -2.11. The van der Waals surface area contributed by atoms with Crippen molar-refractivity contribution in [2.24, 2.45) is 5.92 Å². The standard InChI is InChI=1S/C13H18N4/c1-9(2)10(3)17-8-15-7-12(17)11-4-5-13(14)16-6-11/h4-10H,1-3H3,(H2,14,16). The van der Waals surface area contributed by atoms with Crippen LogP contribution < -0.4 is 5.73 Å². The molecule has 2 N–H and O–H groups in total. The Kier molecular flexibility index (Phi) is 3.13. The molecule has 2 aromatic rings. The number of rotatable bonds is 3. The minimum Gasteiger partial charge on any atom is -0.384 e. The van der Waals surface area contributed by atoms with E-state index in [0.717, 1.165) is 11.3 Å². The molecule has 0 bridgehead atoms. The fourth-order valence-corrected chi connectivity index (χ4v) is 1.73. The number of nitrogen functional groups attached to an aromatic ring is 1. The van der Waals surface area contributed by atoms with Crippen LogP contribution in [0.4, 0.5) is 5.82 Å². The Hall–Kier alpha value is -1.84. The molecule has 0 saturated carbocycles. The van der Waals surface area contributed by atoms with Gasteiger partial charge in [-0.25, -0.2) is 9.97 Å². The molecule has 4 heteroatoms. The van der Waals surface area contributed by atoms with E-state index in [4.69, 9.17) is 5.73 Å². The zero-order valence-corrected chi connectivity index (χ0v) is 10.5. The van der Waals surface area contributed by atoms with E-state index in [1.54, 1.807) is 6.20 Å². The third-order valence-corrected chi connectivity index (χ3v) is 3.15. The van der Waals surface area contributed by atoms with E-state index in [-0.39, 0.29) is 0 Å². The van der Waals surface area contributed by atoms with Crippen molar-refractivity contribution in [3.63, 3.8) is 0 Å². The van der Waals surface area contributed by atoms with E-state index >= 15 is 0 Å². The summed E-state index contributed by atoms with van der Waals surface area (Å²) in [5.74, 6) is 1.10. The van der Waals surface area contributed by atoms with Crippen LogP contribution in [-0.2, 0) is 0 Å². The van der Waals surface area contributed by atoms with E-state index in [2.05, 4.69) is 35.3 Å². The number of pyridine rings is 1. The fraction of sp³-hybridized carbons (Fsp3) is 0.385. The van der Waals surface area contributed by atoms with Crippen LogP contribution in [0.1, 0.15) is 26.8 Å². The highest BCUT2D eigenvalue weighted by Crippen LogP contribution is 2.25. The molecule has 0 aliphatic carbocycles. The number of imidazole rings is 1. The predicted octanol–water partition coefficient (Wildman–Crippen LogP) is 2.74. The van der Waals surface area contributed by atoms with Gasteiger partial charge in [0.15, 0.2) is 0 Å². The quantitative estimate of drug-likeness (QED) is 0.882. The van der Waals surface area contributed by atoms with Gasteiger partial charge < -0.3 is 10.3 Å². The smallest absolute Gasteiger partial charge is 0.123 e. The third-order valence-electron chi connectivity index (χ3n) is 3.15. The topological polar surface area (TPSA) is 56.7 Å². The van der Waals surface area contributed by atoms with Gasteiger partial charge in [-0.05, 0) is 25.0 Å². The van der Waals surface area contributed by atoms with E-state index in [1.807, 2.05) is 24.7 Å². The zero-order valence-electron chi connectivity index (χ0n) is 10.5. The van der Waals surface area contributed by atoms with Crippen LogP contribution in [0.2, 0.25) is 0 Å². The third kappa shape index (κ3) is 2.30. The number of nitrogens with two attached hydrogens (primary N) is 1. The van der Waals surface area contributed by atoms with Crippen LogP contribution in [0.25, 0.3) is 11.3 Å². The zero-order chi connectivity index (χ0) is 12.4. The van der Waals surface area contributed by atoms with Gasteiger partial charge in [0.2, 0.25) is 0 Å². The van der Waals surface area contributed by atoms with E-state index in [1.165, 1.54) is 0 Å². The largest absolute Gasteiger partial charge is 0.384 e. The maximum Gasteiger partial charge on any atom is 0.123 e. The molecule has 2 rings (SSSR count). The highest BCUT2D eigenvalue weighted by atomic mass is 15.1. The number of hydrogen-bond acceptors (Lipinski definition) is 3. The molecule has 0 saturated heterocycles. The molecule has 90 valence electrons. The number of hydrogen-bond donors (Lipinski definition) is 1. The van der Waals surface area contributed by atoms with Crippen molar-refractivity contribution in [2.45, 2.75) is 26.8 Å². The summed E-state index contributed by atoms with van der Waals surface area (Å²) < 4.78 is 2.18. The molecule has 4 nitrogen and oxygen atoms in total. The van der Waals surface area contributed by atoms with E-state index in [0.29, 0.717) is 17.8 Å². The Morgan fingerprint density at radius 2 is 1.94 bits per heavy atom. The summed E-state index contributed by atoms with van der Waals surface area (Å²) in [4.78, 5) is 8.35. The Bertz CT molecular complexity index is 484. The molecule has 2 aromatic heterocycles. The van der Waals surface area contributed by atoms with Crippen LogP contribution in [0.15, 0.2) is 30.9 Å².